The first-order chi connectivity index (χ1) is 18.3. The summed E-state index contributed by atoms with van der Waals surface area (Å²) in [4.78, 5) is 15.8. The number of nitrogens with zero attached hydrogens (tertiary/aromatic N) is 3. The number of carbonyl (C=O) groups excluding carboxylic acids is 1. The zero-order valence-corrected chi connectivity index (χ0v) is 24.1. The number of sulfonamides is 1. The number of ketones is 1. The van der Waals surface area contributed by atoms with Crippen LogP contribution < -0.4 is 4.74 Å². The molecule has 0 bridgehead atoms. The van der Waals surface area contributed by atoms with E-state index < -0.39 is 25.3 Å². The van der Waals surface area contributed by atoms with Crippen LogP contribution in [0, 0.1) is 11.3 Å². The molecule has 39 heavy (non-hydrogen) atoms. The predicted octanol–water partition coefficient (Wildman–Crippen LogP) is 2.40. The van der Waals surface area contributed by atoms with Gasteiger partial charge >= 0.3 is 0 Å². The van der Waals surface area contributed by atoms with E-state index in [1.54, 1.807) is 18.2 Å². The van der Waals surface area contributed by atoms with Gasteiger partial charge in [-0.1, -0.05) is 19.9 Å². The lowest BCUT2D eigenvalue weighted by atomic mass is 9.68. The van der Waals surface area contributed by atoms with Crippen molar-refractivity contribution in [3.05, 3.63) is 63.7 Å². The van der Waals surface area contributed by atoms with Crippen molar-refractivity contribution in [1.82, 2.24) is 9.21 Å². The minimum atomic E-state index is -3.95. The average Bonchev–Trinajstić information content (AvgIpc) is 3.28. The summed E-state index contributed by atoms with van der Waals surface area (Å²) in [5.41, 5.74) is 4.16. The number of benzene rings is 2. The molecule has 9 nitrogen and oxygen atoms in total. The van der Waals surface area contributed by atoms with E-state index in [-0.39, 0.29) is 34.5 Å². The Hall–Kier alpha value is -3.04. The van der Waals surface area contributed by atoms with E-state index in [1.165, 1.54) is 20.2 Å². The molecule has 0 saturated carbocycles. The van der Waals surface area contributed by atoms with E-state index >= 15 is 0 Å². The van der Waals surface area contributed by atoms with Crippen molar-refractivity contribution in [2.45, 2.75) is 30.6 Å². The Balaban J connectivity index is 1.53. The van der Waals surface area contributed by atoms with E-state index in [0.717, 1.165) is 21.0 Å². The second kappa shape index (κ2) is 9.55. The molecular formula is C28H31N3O6S2. The summed E-state index contributed by atoms with van der Waals surface area (Å²) < 4.78 is 57.4. The maximum absolute atomic E-state index is 13.9. The number of Topliss-reactive ketones (excluding diaryl/α,β-unsaturated/α-hetero) is 1. The molecular weight excluding hydrogens is 538 g/mol. The molecule has 1 fully saturated rings. The molecule has 2 aliphatic carbocycles. The van der Waals surface area contributed by atoms with Crippen LogP contribution in [0.5, 0.6) is 5.75 Å². The molecule has 1 saturated heterocycles. The Morgan fingerprint density at radius 2 is 1.79 bits per heavy atom. The summed E-state index contributed by atoms with van der Waals surface area (Å²) in [5.74, 6) is 0.120. The summed E-state index contributed by atoms with van der Waals surface area (Å²) in [6.07, 6.45) is 0.532. The van der Waals surface area contributed by atoms with E-state index in [1.807, 2.05) is 24.8 Å². The summed E-state index contributed by atoms with van der Waals surface area (Å²) >= 11 is 0. The van der Waals surface area contributed by atoms with Crippen molar-refractivity contribution in [3.8, 4) is 11.8 Å². The lowest BCUT2D eigenvalue weighted by Crippen LogP contribution is -2.42. The van der Waals surface area contributed by atoms with Gasteiger partial charge in [0.05, 0.1) is 23.1 Å². The number of hydrogen-bond donors (Lipinski definition) is 0. The first-order valence-electron chi connectivity index (χ1n) is 12.7. The first-order valence-corrected chi connectivity index (χ1v) is 16.0. The lowest BCUT2D eigenvalue weighted by Gasteiger charge is -2.35. The molecule has 2 aromatic carbocycles. The van der Waals surface area contributed by atoms with Crippen molar-refractivity contribution < 1.29 is 26.4 Å². The van der Waals surface area contributed by atoms with Crippen molar-refractivity contribution in [1.29, 1.82) is 5.26 Å². The molecule has 206 valence electrons. The molecule has 0 amide bonds. The smallest absolute Gasteiger partial charge is 0.246 e. The van der Waals surface area contributed by atoms with Gasteiger partial charge in [-0.05, 0) is 52.9 Å². The fourth-order valence-corrected chi connectivity index (χ4v) is 7.93. The maximum Gasteiger partial charge on any atom is 0.246 e. The number of hydrogen-bond acceptors (Lipinski definition) is 8. The topological polar surface area (TPSA) is 125 Å². The molecule has 1 heterocycles. The number of sulfone groups is 1. The number of rotatable bonds is 6. The second-order valence-corrected chi connectivity index (χ2v) is 15.4. The Kier molecular flexibility index (Phi) is 6.74. The number of allylic oxidation sites excluding steroid dienone is 2. The molecule has 5 rings (SSSR count). The fraction of sp³-hybridized carbons (Fsp3) is 0.429. The highest BCUT2D eigenvalue weighted by Crippen LogP contribution is 2.51. The van der Waals surface area contributed by atoms with Crippen LogP contribution in [0.2, 0.25) is 0 Å². The van der Waals surface area contributed by atoms with Gasteiger partial charge in [-0.3, -0.25) is 9.69 Å². The Morgan fingerprint density at radius 3 is 2.44 bits per heavy atom. The molecule has 3 aliphatic rings. The molecule has 2 aromatic rings. The predicted molar refractivity (Wildman–Crippen MR) is 147 cm³/mol. The molecule has 0 unspecified atom stereocenters. The number of ether oxygens (including phenoxy) is 1. The number of carbonyl (C=O) groups is 1. The van der Waals surface area contributed by atoms with Gasteiger partial charge < -0.3 is 4.74 Å². The normalized spacial score (nSPS) is 19.8. The summed E-state index contributed by atoms with van der Waals surface area (Å²) in [5, 5.41) is 9.35. The highest BCUT2D eigenvalue weighted by Gasteiger charge is 2.44. The minimum Gasteiger partial charge on any atom is -0.491 e. The third-order valence-electron chi connectivity index (χ3n) is 8.02. The van der Waals surface area contributed by atoms with Crippen molar-refractivity contribution in [2.24, 2.45) is 0 Å². The zero-order chi connectivity index (χ0) is 28.3. The van der Waals surface area contributed by atoms with Crippen LogP contribution in [-0.2, 0) is 31.7 Å². The van der Waals surface area contributed by atoms with Crippen LogP contribution in [0.15, 0.2) is 40.8 Å². The average molecular weight is 570 g/mol. The van der Waals surface area contributed by atoms with Crippen LogP contribution in [0.1, 0.15) is 46.5 Å². The molecule has 11 heteroatoms. The minimum absolute atomic E-state index is 0.0845. The van der Waals surface area contributed by atoms with Gasteiger partial charge in [0.25, 0.3) is 0 Å². The quantitative estimate of drug-likeness (QED) is 0.519. The van der Waals surface area contributed by atoms with Crippen molar-refractivity contribution >= 4 is 31.2 Å². The largest absolute Gasteiger partial charge is 0.491 e. The standard InChI is InChI=1S/C28H31N3O6S2/c1-28(2)22-16-24(37-10-7-31-8-11-38(33,34)12-9-31)25(39(35,36)30(3)4)15-21(22)27(32)26-20-6-5-18(17-29)13-19(20)14-23(26)28/h5-6,13,15-16H,7-12,14H2,1-4H3. The van der Waals surface area contributed by atoms with Crippen molar-refractivity contribution in [3.63, 3.8) is 0 Å². The second-order valence-electron chi connectivity index (χ2n) is 10.9. The third-order valence-corrected chi connectivity index (χ3v) is 11.5. The van der Waals surface area contributed by atoms with Crippen LogP contribution in [0.4, 0.5) is 0 Å². The first kappa shape index (κ1) is 27.5. The highest BCUT2D eigenvalue weighted by molar-refractivity contribution is 7.91. The van der Waals surface area contributed by atoms with Crippen LogP contribution in [-0.4, -0.2) is 83.7 Å². The molecule has 0 N–H and O–H groups in total. The summed E-state index contributed by atoms with van der Waals surface area (Å²) in [6.45, 7) is 5.46. The van der Waals surface area contributed by atoms with Gasteiger partial charge in [0.15, 0.2) is 15.6 Å². The molecule has 0 spiro atoms. The van der Waals surface area contributed by atoms with E-state index in [2.05, 4.69) is 6.07 Å². The van der Waals surface area contributed by atoms with Crippen molar-refractivity contribution in [2.75, 3.05) is 51.8 Å². The van der Waals surface area contributed by atoms with E-state index in [0.29, 0.717) is 48.3 Å². The number of fused-ring (bicyclic) bond motifs is 3. The van der Waals surface area contributed by atoms with Crippen LogP contribution >= 0.6 is 0 Å². The maximum atomic E-state index is 13.9. The summed E-state index contributed by atoms with van der Waals surface area (Å²) in [6, 6.07) is 10.6. The van der Waals surface area contributed by atoms with Gasteiger partial charge in [0.1, 0.15) is 17.3 Å². The monoisotopic (exact) mass is 569 g/mol. The number of nitriles is 1. The summed E-state index contributed by atoms with van der Waals surface area (Å²) in [7, 11) is -4.10. The molecule has 0 aromatic heterocycles. The molecule has 0 radical (unpaired) electrons. The molecule has 0 atom stereocenters. The van der Waals surface area contributed by atoms with Gasteiger partial charge in [-0.15, -0.1) is 0 Å². The third kappa shape index (κ3) is 4.69. The van der Waals surface area contributed by atoms with Gasteiger partial charge in [-0.2, -0.15) is 5.26 Å². The fourth-order valence-electron chi connectivity index (χ4n) is 5.62. The zero-order valence-electron chi connectivity index (χ0n) is 22.4. The van der Waals surface area contributed by atoms with Gasteiger partial charge in [0, 0.05) is 50.3 Å². The van der Waals surface area contributed by atoms with Gasteiger partial charge in [0.2, 0.25) is 10.0 Å². The van der Waals surface area contributed by atoms with Crippen LogP contribution in [0.3, 0.4) is 0 Å². The highest BCUT2D eigenvalue weighted by atomic mass is 32.2. The Morgan fingerprint density at radius 1 is 1.10 bits per heavy atom. The van der Waals surface area contributed by atoms with Crippen LogP contribution in [0.25, 0.3) is 5.57 Å². The van der Waals surface area contributed by atoms with E-state index in [4.69, 9.17) is 4.74 Å². The van der Waals surface area contributed by atoms with Gasteiger partial charge in [-0.25, -0.2) is 21.1 Å². The Labute approximate surface area is 229 Å². The lowest BCUT2D eigenvalue weighted by molar-refractivity contribution is 0.105. The SMILES string of the molecule is CN(C)S(=O)(=O)c1cc2c(cc1OCCN1CCS(=O)(=O)CC1)C(C)(C)C1=C(C2=O)c2ccc(C#N)cc2C1. The molecule has 1 aliphatic heterocycles. The van der Waals surface area contributed by atoms with E-state index in [9.17, 15) is 26.9 Å². The Bertz CT molecular complexity index is 1670.